The van der Waals surface area contributed by atoms with E-state index < -0.39 is 17.7 Å². The van der Waals surface area contributed by atoms with Crippen molar-refractivity contribution in [2.45, 2.75) is 26.3 Å². The second-order valence-electron chi connectivity index (χ2n) is 4.99. The molecule has 0 unspecified atom stereocenters. The van der Waals surface area contributed by atoms with Crippen molar-refractivity contribution >= 4 is 22.9 Å². The number of halogens is 1. The third kappa shape index (κ3) is 3.18. The molecule has 21 heavy (non-hydrogen) atoms. The molecular formula is C14H16FN3O3. The number of benzene rings is 1. The van der Waals surface area contributed by atoms with E-state index in [1.807, 2.05) is 0 Å². The number of rotatable bonds is 5. The van der Waals surface area contributed by atoms with Crippen molar-refractivity contribution in [3.8, 4) is 0 Å². The predicted molar refractivity (Wildman–Crippen MR) is 74.5 cm³/mol. The van der Waals surface area contributed by atoms with Crippen molar-refractivity contribution < 1.29 is 19.1 Å². The number of nitrogens with one attached hydrogen (secondary N) is 1. The van der Waals surface area contributed by atoms with E-state index in [0.29, 0.717) is 11.0 Å². The third-order valence-corrected chi connectivity index (χ3v) is 3.17. The number of fused-ring (bicyclic) bond motifs is 1. The van der Waals surface area contributed by atoms with Gasteiger partial charge in [0.1, 0.15) is 11.3 Å². The molecule has 6 nitrogen and oxygen atoms in total. The highest BCUT2D eigenvalue weighted by molar-refractivity contribution is 6.05. The minimum Gasteiger partial charge on any atom is -0.481 e. The van der Waals surface area contributed by atoms with Gasteiger partial charge in [-0.15, -0.1) is 0 Å². The molecule has 1 aromatic heterocycles. The molecule has 0 saturated heterocycles. The van der Waals surface area contributed by atoms with Crippen LogP contribution >= 0.6 is 0 Å². The number of aromatic nitrogens is 2. The van der Waals surface area contributed by atoms with Gasteiger partial charge < -0.3 is 15.0 Å². The average Bonchev–Trinajstić information content (AvgIpc) is 2.84. The Hall–Kier alpha value is -2.44. The first-order chi connectivity index (χ1) is 9.90. The zero-order chi connectivity index (χ0) is 15.6. The zero-order valence-electron chi connectivity index (χ0n) is 11.8. The summed E-state index contributed by atoms with van der Waals surface area (Å²) in [6.45, 7) is 3.62. The van der Waals surface area contributed by atoms with Gasteiger partial charge >= 0.3 is 5.97 Å². The number of carboxylic acid groups (broad SMARTS) is 1. The number of carbonyl (C=O) groups excluding carboxylic acids is 1. The number of amides is 1. The van der Waals surface area contributed by atoms with Crippen LogP contribution in [0, 0.1) is 5.82 Å². The second kappa shape index (κ2) is 5.90. The molecule has 0 saturated carbocycles. The van der Waals surface area contributed by atoms with Gasteiger partial charge in [0.2, 0.25) is 0 Å². The number of hydrogen-bond acceptors (Lipinski definition) is 3. The van der Waals surface area contributed by atoms with Crippen LogP contribution in [0.5, 0.6) is 0 Å². The molecule has 0 aliphatic carbocycles. The molecule has 0 aliphatic heterocycles. The van der Waals surface area contributed by atoms with Crippen LogP contribution < -0.4 is 0 Å². The van der Waals surface area contributed by atoms with E-state index in [1.54, 1.807) is 13.8 Å². The number of aliphatic carboxylic acids is 1. The van der Waals surface area contributed by atoms with Crippen molar-refractivity contribution in [3.05, 3.63) is 29.8 Å². The number of carboxylic acids is 1. The molecule has 7 heteroatoms. The van der Waals surface area contributed by atoms with Crippen LogP contribution in [-0.4, -0.2) is 44.4 Å². The van der Waals surface area contributed by atoms with Gasteiger partial charge in [-0.2, -0.15) is 0 Å². The van der Waals surface area contributed by atoms with Crippen LogP contribution in [0.25, 0.3) is 11.0 Å². The van der Waals surface area contributed by atoms with Gasteiger partial charge in [-0.1, -0.05) is 0 Å². The molecule has 1 aromatic carbocycles. The second-order valence-corrected chi connectivity index (χ2v) is 4.99. The van der Waals surface area contributed by atoms with Gasteiger partial charge in [0.05, 0.1) is 23.8 Å². The fourth-order valence-electron chi connectivity index (χ4n) is 2.14. The zero-order valence-corrected chi connectivity index (χ0v) is 11.8. The summed E-state index contributed by atoms with van der Waals surface area (Å²) in [5, 5.41) is 8.76. The number of imidazole rings is 1. The van der Waals surface area contributed by atoms with Crippen molar-refractivity contribution in [1.82, 2.24) is 14.9 Å². The number of carbonyl (C=O) groups is 2. The number of H-pyrrole nitrogens is 1. The van der Waals surface area contributed by atoms with Gasteiger partial charge in [0.25, 0.3) is 5.91 Å². The Morgan fingerprint density at radius 3 is 2.76 bits per heavy atom. The van der Waals surface area contributed by atoms with E-state index in [4.69, 9.17) is 5.11 Å². The van der Waals surface area contributed by atoms with Gasteiger partial charge in [-0.25, -0.2) is 9.37 Å². The maximum absolute atomic E-state index is 13.6. The first kappa shape index (κ1) is 15.0. The summed E-state index contributed by atoms with van der Waals surface area (Å²) in [6, 6.07) is 2.19. The van der Waals surface area contributed by atoms with Crippen molar-refractivity contribution in [2.75, 3.05) is 6.54 Å². The molecule has 0 bridgehead atoms. The van der Waals surface area contributed by atoms with Crippen LogP contribution in [0.2, 0.25) is 0 Å². The molecule has 0 radical (unpaired) electrons. The van der Waals surface area contributed by atoms with Crippen LogP contribution in [0.15, 0.2) is 18.5 Å². The molecule has 2 rings (SSSR count). The lowest BCUT2D eigenvalue weighted by atomic mass is 10.1. The molecule has 2 aromatic rings. The first-order valence-electron chi connectivity index (χ1n) is 6.55. The lowest BCUT2D eigenvalue weighted by Crippen LogP contribution is -2.38. The monoisotopic (exact) mass is 293 g/mol. The Bertz CT molecular complexity index is 681. The van der Waals surface area contributed by atoms with Gasteiger partial charge in [0, 0.05) is 12.6 Å². The minimum absolute atomic E-state index is 0.0638. The van der Waals surface area contributed by atoms with E-state index in [1.165, 1.54) is 17.3 Å². The normalized spacial score (nSPS) is 11.0. The van der Waals surface area contributed by atoms with Crippen LogP contribution in [0.4, 0.5) is 4.39 Å². The molecule has 0 fully saturated rings. The maximum Gasteiger partial charge on any atom is 0.305 e. The SMILES string of the molecule is CC(C)N(CCC(=O)O)C(=O)c1cc(F)cc2[nH]cnc12. The standard InChI is InChI=1S/C14H16FN3O3/c1-8(2)18(4-3-12(19)20)14(21)10-5-9(15)6-11-13(10)17-7-16-11/h5-8H,3-4H2,1-2H3,(H,16,17)(H,19,20). The van der Waals surface area contributed by atoms with Crippen molar-refractivity contribution in [3.63, 3.8) is 0 Å². The molecule has 0 atom stereocenters. The fraction of sp³-hybridized carbons (Fsp3) is 0.357. The van der Waals surface area contributed by atoms with Gasteiger partial charge in [-0.3, -0.25) is 9.59 Å². The summed E-state index contributed by atoms with van der Waals surface area (Å²) in [7, 11) is 0. The predicted octanol–water partition coefficient (Wildman–Crippen LogP) is 2.03. The van der Waals surface area contributed by atoms with E-state index in [0.717, 1.165) is 6.07 Å². The Morgan fingerprint density at radius 2 is 2.14 bits per heavy atom. The summed E-state index contributed by atoms with van der Waals surface area (Å²) >= 11 is 0. The number of nitrogens with zero attached hydrogens (tertiary/aromatic N) is 2. The van der Waals surface area contributed by atoms with Crippen LogP contribution in [0.3, 0.4) is 0 Å². The number of hydrogen-bond donors (Lipinski definition) is 2. The van der Waals surface area contributed by atoms with Crippen LogP contribution in [-0.2, 0) is 4.79 Å². The molecule has 1 heterocycles. The fourth-order valence-corrected chi connectivity index (χ4v) is 2.14. The summed E-state index contributed by atoms with van der Waals surface area (Å²) in [6.07, 6.45) is 1.22. The Labute approximate surface area is 120 Å². The molecule has 0 aliphatic rings. The smallest absolute Gasteiger partial charge is 0.305 e. The largest absolute Gasteiger partial charge is 0.481 e. The lowest BCUT2D eigenvalue weighted by Gasteiger charge is -2.26. The summed E-state index contributed by atoms with van der Waals surface area (Å²) in [5.74, 6) is -1.96. The summed E-state index contributed by atoms with van der Waals surface area (Å²) < 4.78 is 13.6. The Morgan fingerprint density at radius 1 is 1.43 bits per heavy atom. The molecule has 112 valence electrons. The van der Waals surface area contributed by atoms with Crippen molar-refractivity contribution in [2.24, 2.45) is 0 Å². The summed E-state index contributed by atoms with van der Waals surface area (Å²) in [4.78, 5) is 31.5. The van der Waals surface area contributed by atoms with E-state index >= 15 is 0 Å². The third-order valence-electron chi connectivity index (χ3n) is 3.17. The highest BCUT2D eigenvalue weighted by Crippen LogP contribution is 2.20. The van der Waals surface area contributed by atoms with E-state index in [2.05, 4.69) is 9.97 Å². The lowest BCUT2D eigenvalue weighted by molar-refractivity contribution is -0.137. The Kier molecular flexibility index (Phi) is 4.21. The minimum atomic E-state index is -0.988. The first-order valence-corrected chi connectivity index (χ1v) is 6.55. The highest BCUT2D eigenvalue weighted by atomic mass is 19.1. The van der Waals surface area contributed by atoms with Gasteiger partial charge in [0.15, 0.2) is 0 Å². The Balaban J connectivity index is 2.38. The average molecular weight is 293 g/mol. The number of aromatic amines is 1. The van der Waals surface area contributed by atoms with E-state index in [-0.39, 0.29) is 24.6 Å². The summed E-state index contributed by atoms with van der Waals surface area (Å²) in [5.41, 5.74) is 0.938. The maximum atomic E-state index is 13.6. The molecule has 1 amide bonds. The quantitative estimate of drug-likeness (QED) is 0.883. The molecular weight excluding hydrogens is 277 g/mol. The van der Waals surface area contributed by atoms with E-state index in [9.17, 15) is 14.0 Å². The molecule has 2 N–H and O–H groups in total. The topological polar surface area (TPSA) is 86.3 Å². The van der Waals surface area contributed by atoms with Gasteiger partial charge in [-0.05, 0) is 26.0 Å². The highest BCUT2D eigenvalue weighted by Gasteiger charge is 2.23. The van der Waals surface area contributed by atoms with Crippen molar-refractivity contribution in [1.29, 1.82) is 0 Å². The molecule has 0 spiro atoms. The van der Waals surface area contributed by atoms with Crippen LogP contribution in [0.1, 0.15) is 30.6 Å².